The number of anilines is 1. The number of ketones is 1. The van der Waals surface area contributed by atoms with Crippen molar-refractivity contribution in [3.8, 4) is 5.75 Å². The first-order valence-corrected chi connectivity index (χ1v) is 11.4. The second-order valence-corrected chi connectivity index (χ2v) is 8.09. The summed E-state index contributed by atoms with van der Waals surface area (Å²) in [6.45, 7) is 5.00. The van der Waals surface area contributed by atoms with E-state index in [9.17, 15) is 19.5 Å². The van der Waals surface area contributed by atoms with E-state index in [-0.39, 0.29) is 12.1 Å². The molecule has 2 aliphatic rings. The molecule has 178 valence electrons. The number of carbonyl (C=O) groups is 3. The van der Waals surface area contributed by atoms with Crippen LogP contribution < -0.4 is 9.64 Å². The van der Waals surface area contributed by atoms with E-state index in [0.29, 0.717) is 48.7 Å². The van der Waals surface area contributed by atoms with Crippen molar-refractivity contribution in [2.24, 2.45) is 0 Å². The number of carbonyl (C=O) groups excluding carboxylic acids is 3. The number of methoxy groups -OCH3 is 1. The summed E-state index contributed by atoms with van der Waals surface area (Å²) in [6, 6.07) is 13.6. The minimum absolute atomic E-state index is 0.121. The number of nitrogens with zero attached hydrogens (tertiary/aromatic N) is 2. The van der Waals surface area contributed by atoms with Crippen LogP contribution in [-0.4, -0.2) is 61.0 Å². The molecule has 2 amide bonds. The van der Waals surface area contributed by atoms with Gasteiger partial charge in [0.15, 0.2) is 5.54 Å². The summed E-state index contributed by atoms with van der Waals surface area (Å²) >= 11 is 0. The highest BCUT2D eigenvalue weighted by molar-refractivity contribution is 6.50. The number of fused-ring (bicyclic) bond motifs is 2. The van der Waals surface area contributed by atoms with Crippen LogP contribution in [0.25, 0.3) is 5.76 Å². The van der Waals surface area contributed by atoms with Crippen LogP contribution in [0.15, 0.2) is 54.1 Å². The van der Waals surface area contributed by atoms with Gasteiger partial charge in [-0.3, -0.25) is 14.4 Å². The van der Waals surface area contributed by atoms with Crippen LogP contribution >= 0.6 is 0 Å². The monoisotopic (exact) mass is 464 g/mol. The molecule has 8 nitrogen and oxygen atoms in total. The van der Waals surface area contributed by atoms with Crippen molar-refractivity contribution in [1.29, 1.82) is 0 Å². The lowest BCUT2D eigenvalue weighted by Crippen LogP contribution is -2.52. The highest BCUT2D eigenvalue weighted by Crippen LogP contribution is 2.53. The number of Topliss-reactive ketones (excluding diaryl/α,β-unsaturated/α-hetero) is 1. The SMILES string of the molecule is CCOc1ccc(C(O)=C2C(=O)C(=O)N(CCCOC)C23C(=O)N(CC)c2ccccc23)cc1. The fourth-order valence-corrected chi connectivity index (χ4v) is 4.87. The minimum atomic E-state index is -1.74. The van der Waals surface area contributed by atoms with Gasteiger partial charge in [0, 0.05) is 37.9 Å². The maximum Gasteiger partial charge on any atom is 0.296 e. The Morgan fingerprint density at radius 3 is 2.38 bits per heavy atom. The minimum Gasteiger partial charge on any atom is -0.507 e. The number of rotatable bonds is 8. The smallest absolute Gasteiger partial charge is 0.296 e. The van der Waals surface area contributed by atoms with Crippen molar-refractivity contribution in [3.63, 3.8) is 0 Å². The van der Waals surface area contributed by atoms with Gasteiger partial charge in [-0.2, -0.15) is 0 Å². The highest BCUT2D eigenvalue weighted by atomic mass is 16.5. The lowest BCUT2D eigenvalue weighted by Gasteiger charge is -2.34. The molecule has 0 radical (unpaired) electrons. The van der Waals surface area contributed by atoms with Crippen molar-refractivity contribution in [1.82, 2.24) is 4.90 Å². The Kier molecular flexibility index (Phi) is 6.43. The normalized spacial score (nSPS) is 21.0. The molecule has 1 atom stereocenters. The third kappa shape index (κ3) is 3.37. The first kappa shape index (κ1) is 23.5. The molecular formula is C26H28N2O6. The van der Waals surface area contributed by atoms with Crippen LogP contribution in [0.1, 0.15) is 31.4 Å². The summed E-state index contributed by atoms with van der Waals surface area (Å²) in [5.74, 6) is -1.92. The molecule has 0 aliphatic carbocycles. The Morgan fingerprint density at radius 1 is 1.03 bits per heavy atom. The zero-order valence-electron chi connectivity index (χ0n) is 19.5. The van der Waals surface area contributed by atoms with Crippen LogP contribution in [0.4, 0.5) is 5.69 Å². The third-order valence-corrected chi connectivity index (χ3v) is 6.29. The van der Waals surface area contributed by atoms with E-state index in [2.05, 4.69) is 0 Å². The van der Waals surface area contributed by atoms with E-state index in [1.165, 1.54) is 4.90 Å². The number of hydrogen-bond acceptors (Lipinski definition) is 6. The number of likely N-dealkylation sites (tertiary alicyclic amines) is 1. The Balaban J connectivity index is 1.97. The van der Waals surface area contributed by atoms with E-state index in [4.69, 9.17) is 9.47 Å². The van der Waals surface area contributed by atoms with E-state index < -0.39 is 28.9 Å². The van der Waals surface area contributed by atoms with E-state index in [0.717, 1.165) is 0 Å². The summed E-state index contributed by atoms with van der Waals surface area (Å²) in [4.78, 5) is 43.6. The average molecular weight is 465 g/mol. The van der Waals surface area contributed by atoms with Gasteiger partial charge in [0.05, 0.1) is 17.9 Å². The van der Waals surface area contributed by atoms with Gasteiger partial charge >= 0.3 is 0 Å². The summed E-state index contributed by atoms with van der Waals surface area (Å²) in [6.07, 6.45) is 0.427. The summed E-state index contributed by atoms with van der Waals surface area (Å²) in [5, 5.41) is 11.4. The molecule has 0 bridgehead atoms. The molecule has 1 spiro atoms. The zero-order valence-corrected chi connectivity index (χ0v) is 19.5. The number of ether oxygens (including phenoxy) is 2. The van der Waals surface area contributed by atoms with Gasteiger partial charge in [-0.15, -0.1) is 0 Å². The molecule has 2 aromatic carbocycles. The Hall–Kier alpha value is -3.65. The molecule has 34 heavy (non-hydrogen) atoms. The molecule has 2 aliphatic heterocycles. The standard InChI is InChI=1S/C26H28N2O6/c1-4-27-20-10-7-6-9-19(20)26(25(27)32)21(23(30)24(31)28(26)15-8-16-33-3)22(29)17-11-13-18(14-12-17)34-5-2/h6-7,9-14,29H,4-5,8,15-16H2,1-3H3. The number of aliphatic hydroxyl groups is 1. The molecule has 1 fully saturated rings. The van der Waals surface area contributed by atoms with Gasteiger partial charge in [-0.1, -0.05) is 18.2 Å². The number of likely N-dealkylation sites (N-methyl/N-ethyl adjacent to an activating group) is 1. The summed E-state index contributed by atoms with van der Waals surface area (Å²) in [5.41, 5.74) is -0.514. The number of hydrogen-bond donors (Lipinski definition) is 1. The van der Waals surface area contributed by atoms with Gasteiger partial charge in [0.2, 0.25) is 0 Å². The first-order valence-electron chi connectivity index (χ1n) is 11.4. The molecule has 2 aromatic rings. The fourth-order valence-electron chi connectivity index (χ4n) is 4.87. The number of aliphatic hydroxyl groups excluding tert-OH is 1. The highest BCUT2D eigenvalue weighted by Gasteiger charge is 2.66. The van der Waals surface area contributed by atoms with Crippen LogP contribution in [0.2, 0.25) is 0 Å². The van der Waals surface area contributed by atoms with Gasteiger partial charge in [-0.25, -0.2) is 0 Å². The van der Waals surface area contributed by atoms with Crippen LogP contribution in [-0.2, 0) is 24.7 Å². The van der Waals surface area contributed by atoms with Crippen LogP contribution in [0.5, 0.6) is 5.75 Å². The second-order valence-electron chi connectivity index (χ2n) is 8.09. The maximum atomic E-state index is 14.0. The van der Waals surface area contributed by atoms with Gasteiger partial charge in [-0.05, 0) is 50.6 Å². The molecule has 0 aromatic heterocycles. The lowest BCUT2D eigenvalue weighted by molar-refractivity contribution is -0.143. The Labute approximate surface area is 198 Å². The fraction of sp³-hybridized carbons (Fsp3) is 0.346. The quantitative estimate of drug-likeness (QED) is 0.279. The van der Waals surface area contributed by atoms with Crippen LogP contribution in [0.3, 0.4) is 0 Å². The van der Waals surface area contributed by atoms with Crippen molar-refractivity contribution >= 4 is 29.0 Å². The van der Waals surface area contributed by atoms with E-state index >= 15 is 0 Å². The summed E-state index contributed by atoms with van der Waals surface area (Å²) in [7, 11) is 1.55. The van der Waals surface area contributed by atoms with E-state index in [1.54, 1.807) is 60.5 Å². The number of benzene rings is 2. The van der Waals surface area contributed by atoms with Crippen molar-refractivity contribution < 1.29 is 29.0 Å². The van der Waals surface area contributed by atoms with E-state index in [1.807, 2.05) is 13.8 Å². The zero-order chi connectivity index (χ0) is 24.5. The molecule has 1 unspecified atom stereocenters. The van der Waals surface area contributed by atoms with Crippen LogP contribution in [0, 0.1) is 0 Å². The molecule has 1 N–H and O–H groups in total. The van der Waals surface area contributed by atoms with Crippen molar-refractivity contribution in [2.45, 2.75) is 25.8 Å². The first-order chi connectivity index (χ1) is 16.4. The lowest BCUT2D eigenvalue weighted by atomic mass is 9.82. The predicted molar refractivity (Wildman–Crippen MR) is 127 cm³/mol. The molecule has 0 saturated carbocycles. The van der Waals surface area contributed by atoms with Crippen molar-refractivity contribution in [3.05, 3.63) is 65.2 Å². The molecule has 2 heterocycles. The summed E-state index contributed by atoms with van der Waals surface area (Å²) < 4.78 is 10.6. The van der Waals surface area contributed by atoms with Crippen molar-refractivity contribution in [2.75, 3.05) is 38.3 Å². The molecule has 1 saturated heterocycles. The average Bonchev–Trinajstić information content (AvgIpc) is 3.22. The predicted octanol–water partition coefficient (Wildman–Crippen LogP) is 3.06. The second kappa shape index (κ2) is 9.30. The maximum absolute atomic E-state index is 14.0. The molecule has 4 rings (SSSR count). The van der Waals surface area contributed by atoms with Gasteiger partial charge < -0.3 is 24.4 Å². The number of amides is 2. The molecular weight excluding hydrogens is 436 g/mol. The largest absolute Gasteiger partial charge is 0.507 e. The van der Waals surface area contributed by atoms with Gasteiger partial charge in [0.25, 0.3) is 17.6 Å². The number of para-hydroxylation sites is 1. The topological polar surface area (TPSA) is 96.4 Å². The van der Waals surface area contributed by atoms with Gasteiger partial charge in [0.1, 0.15) is 11.5 Å². The third-order valence-electron chi connectivity index (χ3n) is 6.29. The Bertz CT molecular complexity index is 1160. The molecule has 8 heteroatoms. The Morgan fingerprint density at radius 2 is 1.74 bits per heavy atom.